The molecule has 3 rings (SSSR count). The third-order valence-corrected chi connectivity index (χ3v) is 4.21. The molecule has 0 saturated carbocycles. The maximum atomic E-state index is 12.3. The number of hydrogen-bond acceptors (Lipinski definition) is 4. The second kappa shape index (κ2) is 9.02. The maximum Gasteiger partial charge on any atom is 0.343 e. The van der Waals surface area contributed by atoms with E-state index in [1.165, 1.54) is 13.2 Å². The van der Waals surface area contributed by atoms with Crippen LogP contribution in [0, 0.1) is 0 Å². The Balaban J connectivity index is 1.75. The van der Waals surface area contributed by atoms with Crippen LogP contribution in [0.3, 0.4) is 0 Å². The highest BCUT2D eigenvalue weighted by molar-refractivity contribution is 6.30. The summed E-state index contributed by atoms with van der Waals surface area (Å²) in [5.74, 6) is 0.0564. The average molecular weight is 393 g/mol. The predicted molar refractivity (Wildman–Crippen MR) is 109 cm³/mol. The van der Waals surface area contributed by atoms with Crippen molar-refractivity contribution in [3.8, 4) is 11.5 Å². The second-order valence-electron chi connectivity index (χ2n) is 5.87. The molecule has 0 unspecified atom stereocenters. The summed E-state index contributed by atoms with van der Waals surface area (Å²) in [6.07, 6.45) is 3.17. The fourth-order valence-electron chi connectivity index (χ4n) is 2.49. The molecule has 0 atom stereocenters. The number of halogens is 1. The standard InChI is InChI=1S/C23H17ClO4/c1-27-22-15-16(7-13-20(25)17-5-3-2-4-6-17)8-14-21(22)28-23(26)18-9-11-19(24)12-10-18/h2-15H,1H3. The highest BCUT2D eigenvalue weighted by Crippen LogP contribution is 2.29. The fourth-order valence-corrected chi connectivity index (χ4v) is 2.61. The van der Waals surface area contributed by atoms with Gasteiger partial charge in [-0.2, -0.15) is 0 Å². The topological polar surface area (TPSA) is 52.6 Å². The molecule has 0 radical (unpaired) electrons. The van der Waals surface area contributed by atoms with Crippen molar-refractivity contribution in [3.63, 3.8) is 0 Å². The van der Waals surface area contributed by atoms with Crippen molar-refractivity contribution in [2.24, 2.45) is 0 Å². The number of benzene rings is 3. The van der Waals surface area contributed by atoms with Gasteiger partial charge in [0.05, 0.1) is 12.7 Å². The molecular formula is C23H17ClO4. The number of allylic oxidation sites excluding steroid dienone is 1. The quantitative estimate of drug-likeness (QED) is 0.242. The van der Waals surface area contributed by atoms with Crippen LogP contribution in [0.15, 0.2) is 78.9 Å². The van der Waals surface area contributed by atoms with Gasteiger partial charge >= 0.3 is 5.97 Å². The SMILES string of the molecule is COc1cc(C=CC(=O)c2ccccc2)ccc1OC(=O)c1ccc(Cl)cc1. The molecule has 0 aliphatic heterocycles. The zero-order valence-corrected chi connectivity index (χ0v) is 15.8. The van der Waals surface area contributed by atoms with Gasteiger partial charge in [-0.05, 0) is 48.0 Å². The third kappa shape index (κ3) is 4.87. The molecule has 28 heavy (non-hydrogen) atoms. The Hall–Kier alpha value is -3.37. The largest absolute Gasteiger partial charge is 0.493 e. The molecule has 140 valence electrons. The summed E-state index contributed by atoms with van der Waals surface area (Å²) in [6, 6.07) is 20.5. The second-order valence-corrected chi connectivity index (χ2v) is 6.31. The van der Waals surface area contributed by atoms with Gasteiger partial charge in [-0.15, -0.1) is 0 Å². The summed E-state index contributed by atoms with van der Waals surface area (Å²) >= 11 is 5.83. The number of methoxy groups -OCH3 is 1. The molecular weight excluding hydrogens is 376 g/mol. The zero-order chi connectivity index (χ0) is 19.9. The highest BCUT2D eigenvalue weighted by Gasteiger charge is 2.13. The number of ether oxygens (including phenoxy) is 2. The van der Waals surface area contributed by atoms with E-state index in [1.54, 1.807) is 60.7 Å². The molecule has 4 nitrogen and oxygen atoms in total. The maximum absolute atomic E-state index is 12.3. The van der Waals surface area contributed by atoms with Gasteiger partial charge in [0, 0.05) is 10.6 Å². The van der Waals surface area contributed by atoms with Crippen LogP contribution in [-0.4, -0.2) is 18.9 Å². The van der Waals surface area contributed by atoms with Crippen LogP contribution in [0.4, 0.5) is 0 Å². The van der Waals surface area contributed by atoms with Gasteiger partial charge in [-0.3, -0.25) is 4.79 Å². The van der Waals surface area contributed by atoms with Gasteiger partial charge in [-0.25, -0.2) is 4.79 Å². The van der Waals surface area contributed by atoms with Crippen LogP contribution in [0.1, 0.15) is 26.3 Å². The Morgan fingerprint density at radius 1 is 0.857 bits per heavy atom. The number of hydrogen-bond donors (Lipinski definition) is 0. The average Bonchev–Trinajstić information content (AvgIpc) is 2.73. The lowest BCUT2D eigenvalue weighted by atomic mass is 10.1. The minimum atomic E-state index is -0.516. The summed E-state index contributed by atoms with van der Waals surface area (Å²) in [7, 11) is 1.48. The smallest absolute Gasteiger partial charge is 0.343 e. The number of rotatable bonds is 6. The Morgan fingerprint density at radius 3 is 2.25 bits per heavy atom. The van der Waals surface area contributed by atoms with E-state index in [-0.39, 0.29) is 11.5 Å². The van der Waals surface area contributed by atoms with Crippen molar-refractivity contribution in [1.82, 2.24) is 0 Å². The van der Waals surface area contributed by atoms with E-state index in [1.807, 2.05) is 18.2 Å². The van der Waals surface area contributed by atoms with E-state index in [4.69, 9.17) is 21.1 Å². The highest BCUT2D eigenvalue weighted by atomic mass is 35.5. The fraction of sp³-hybridized carbons (Fsp3) is 0.0435. The molecule has 5 heteroatoms. The van der Waals surface area contributed by atoms with Gasteiger partial charge in [0.15, 0.2) is 17.3 Å². The minimum absolute atomic E-state index is 0.0993. The molecule has 0 aliphatic rings. The first-order valence-corrected chi connectivity index (χ1v) is 8.88. The predicted octanol–water partition coefficient (Wildman–Crippen LogP) is 5.46. The van der Waals surface area contributed by atoms with Crippen molar-refractivity contribution in [2.75, 3.05) is 7.11 Å². The van der Waals surface area contributed by atoms with Gasteiger partial charge in [0.1, 0.15) is 0 Å². The number of ketones is 1. The van der Waals surface area contributed by atoms with E-state index in [0.29, 0.717) is 21.9 Å². The van der Waals surface area contributed by atoms with E-state index in [0.717, 1.165) is 5.56 Å². The van der Waals surface area contributed by atoms with E-state index in [9.17, 15) is 9.59 Å². The molecule has 0 aliphatic carbocycles. The summed E-state index contributed by atoms with van der Waals surface area (Å²) in [6.45, 7) is 0. The van der Waals surface area contributed by atoms with Crippen LogP contribution >= 0.6 is 11.6 Å². The molecule has 0 amide bonds. The van der Waals surface area contributed by atoms with E-state index >= 15 is 0 Å². The molecule has 0 bridgehead atoms. The Labute approximate surface area is 168 Å². The van der Waals surface area contributed by atoms with Crippen LogP contribution < -0.4 is 9.47 Å². The van der Waals surface area contributed by atoms with Crippen LogP contribution in [0.2, 0.25) is 5.02 Å². The van der Waals surface area contributed by atoms with Crippen LogP contribution in [0.25, 0.3) is 6.08 Å². The Morgan fingerprint density at radius 2 is 1.57 bits per heavy atom. The van der Waals surface area contributed by atoms with Gasteiger partial charge < -0.3 is 9.47 Å². The molecule has 0 saturated heterocycles. The van der Waals surface area contributed by atoms with Crippen molar-refractivity contribution in [2.45, 2.75) is 0 Å². The summed E-state index contributed by atoms with van der Waals surface area (Å²) in [5.41, 5.74) is 1.73. The Kier molecular flexibility index (Phi) is 6.25. The number of carbonyl (C=O) groups is 2. The first kappa shape index (κ1) is 19.4. The van der Waals surface area contributed by atoms with Gasteiger partial charge in [0.2, 0.25) is 0 Å². The molecule has 3 aromatic carbocycles. The normalized spacial score (nSPS) is 10.6. The first-order chi connectivity index (χ1) is 13.6. The molecule has 0 aromatic heterocycles. The zero-order valence-electron chi connectivity index (χ0n) is 15.1. The lowest BCUT2D eigenvalue weighted by molar-refractivity contribution is 0.0729. The monoisotopic (exact) mass is 392 g/mol. The van der Waals surface area contributed by atoms with E-state index in [2.05, 4.69) is 0 Å². The van der Waals surface area contributed by atoms with Crippen molar-refractivity contribution < 1.29 is 19.1 Å². The summed E-state index contributed by atoms with van der Waals surface area (Å²) in [5, 5.41) is 0.537. The molecule has 3 aromatic rings. The lowest BCUT2D eigenvalue weighted by Crippen LogP contribution is -2.09. The van der Waals surface area contributed by atoms with E-state index < -0.39 is 5.97 Å². The number of esters is 1. The van der Waals surface area contributed by atoms with Crippen molar-refractivity contribution >= 4 is 29.4 Å². The Bertz CT molecular complexity index is 1010. The molecule has 0 fully saturated rings. The van der Waals surface area contributed by atoms with Crippen molar-refractivity contribution in [1.29, 1.82) is 0 Å². The molecule has 0 heterocycles. The van der Waals surface area contributed by atoms with Crippen LogP contribution in [0.5, 0.6) is 11.5 Å². The lowest BCUT2D eigenvalue weighted by Gasteiger charge is -2.10. The first-order valence-electron chi connectivity index (χ1n) is 8.50. The summed E-state index contributed by atoms with van der Waals surface area (Å²) < 4.78 is 10.7. The van der Waals surface area contributed by atoms with Gasteiger partial charge in [-0.1, -0.05) is 54.1 Å². The van der Waals surface area contributed by atoms with Crippen LogP contribution in [-0.2, 0) is 0 Å². The van der Waals surface area contributed by atoms with Gasteiger partial charge in [0.25, 0.3) is 0 Å². The molecule has 0 N–H and O–H groups in total. The van der Waals surface area contributed by atoms with Crippen molar-refractivity contribution in [3.05, 3.63) is 101 Å². The molecule has 0 spiro atoms. The summed E-state index contributed by atoms with van der Waals surface area (Å²) in [4.78, 5) is 24.4. The minimum Gasteiger partial charge on any atom is -0.493 e. The third-order valence-electron chi connectivity index (χ3n) is 3.96. The number of carbonyl (C=O) groups excluding carboxylic acids is 2.